The predicted octanol–water partition coefficient (Wildman–Crippen LogP) is 10.9. The maximum absolute atomic E-state index is 2.45. The Bertz CT molecular complexity index is 1210. The Labute approximate surface area is 292 Å². The fourth-order valence-electron chi connectivity index (χ4n) is 8.93. The van der Waals surface area contributed by atoms with E-state index in [1.807, 2.05) is 0 Å². The van der Waals surface area contributed by atoms with E-state index in [1.54, 1.807) is 22.3 Å². The third kappa shape index (κ3) is 8.53. The van der Waals surface area contributed by atoms with Crippen molar-refractivity contribution in [3.63, 3.8) is 0 Å². The van der Waals surface area contributed by atoms with Crippen molar-refractivity contribution < 1.29 is 0 Å². The highest BCUT2D eigenvalue weighted by Gasteiger charge is 2.38. The Hall–Kier alpha value is -1.99. The Morgan fingerprint density at radius 1 is 0.413 bits per heavy atom. The number of hydrogen-bond donors (Lipinski definition) is 0. The van der Waals surface area contributed by atoms with Gasteiger partial charge >= 0.3 is 0 Å². The first-order valence-electron chi connectivity index (χ1n) is 18.3. The monoisotopic (exact) mass is 678 g/mol. The molecule has 0 unspecified atom stereocenters. The molecule has 0 bridgehead atoms. The van der Waals surface area contributed by atoms with Gasteiger partial charge in [0.1, 0.15) is 0 Å². The van der Waals surface area contributed by atoms with Crippen LogP contribution in [0.25, 0.3) is 0 Å². The van der Waals surface area contributed by atoms with Crippen LogP contribution in [-0.2, 0) is 10.1 Å². The smallest absolute Gasteiger partial charge is 0.0413 e. The lowest BCUT2D eigenvalue weighted by Gasteiger charge is -2.39. The van der Waals surface area contributed by atoms with Crippen molar-refractivity contribution in [2.75, 3.05) is 11.5 Å². The molecule has 2 aliphatic carbocycles. The fourth-order valence-corrected chi connectivity index (χ4v) is 18.3. The molecule has 2 fully saturated rings. The van der Waals surface area contributed by atoms with Crippen molar-refractivity contribution in [2.45, 2.75) is 98.2 Å². The summed E-state index contributed by atoms with van der Waals surface area (Å²) < 4.78 is 0. The van der Waals surface area contributed by atoms with E-state index in [4.69, 9.17) is 0 Å². The summed E-state index contributed by atoms with van der Waals surface area (Å²) in [6.07, 6.45) is 17.0. The van der Waals surface area contributed by atoms with Gasteiger partial charge in [0.15, 0.2) is 0 Å². The van der Waals surface area contributed by atoms with Crippen LogP contribution in [-0.4, -0.2) is 30.5 Å². The Morgan fingerprint density at radius 2 is 0.696 bits per heavy atom. The van der Waals surface area contributed by atoms with E-state index in [9.17, 15) is 0 Å². The molecule has 0 nitrogen and oxygen atoms in total. The largest absolute Gasteiger partial charge is 0.0941 e. The first-order chi connectivity index (χ1) is 22.8. The molecule has 46 heavy (non-hydrogen) atoms. The summed E-state index contributed by atoms with van der Waals surface area (Å²) in [5.74, 6) is 2.44. The molecule has 0 amide bonds. The molecule has 242 valence electrons. The van der Waals surface area contributed by atoms with Crippen LogP contribution in [0.2, 0.25) is 11.1 Å². The maximum Gasteiger partial charge on any atom is 0.0413 e. The zero-order valence-electron chi connectivity index (χ0n) is 27.8. The van der Waals surface area contributed by atoms with E-state index in [1.165, 1.54) is 88.6 Å². The average molecular weight is 679 g/mol. The standard InChI is InChI=1S/C42H54S2Si2/c1-7-19-35(20-8-1)41(36-21-9-2-10-22-36,45-39-27-15-5-16-28-39)31-33-43-44-34-32-42(37-23-11-3-12-24-37,38-25-13-4-14-26-38)46-40-29-17-6-18-30-40/h1-4,7-14,19-26,39-40H,5-6,15-18,27-34,45-46H2. The van der Waals surface area contributed by atoms with Crippen LogP contribution in [0.3, 0.4) is 0 Å². The van der Waals surface area contributed by atoms with Crippen LogP contribution in [0, 0.1) is 0 Å². The summed E-state index contributed by atoms with van der Waals surface area (Å²) >= 11 is 0. The molecule has 2 saturated carbocycles. The molecule has 0 aliphatic heterocycles. The summed E-state index contributed by atoms with van der Waals surface area (Å²) in [7, 11) is 3.55. The van der Waals surface area contributed by atoms with Crippen molar-refractivity contribution in [1.82, 2.24) is 0 Å². The van der Waals surface area contributed by atoms with Crippen molar-refractivity contribution in [1.29, 1.82) is 0 Å². The third-order valence-electron chi connectivity index (χ3n) is 11.3. The van der Waals surface area contributed by atoms with E-state index in [2.05, 4.69) is 143 Å². The van der Waals surface area contributed by atoms with Gasteiger partial charge in [0, 0.05) is 40.6 Å². The molecule has 0 spiro atoms. The number of rotatable bonds is 15. The normalized spacial score (nSPS) is 17.3. The highest BCUT2D eigenvalue weighted by Crippen LogP contribution is 2.45. The van der Waals surface area contributed by atoms with E-state index in [-0.39, 0.29) is 29.1 Å². The lowest BCUT2D eigenvalue weighted by atomic mass is 9.87. The Morgan fingerprint density at radius 3 is 0.978 bits per heavy atom. The van der Waals surface area contributed by atoms with Crippen LogP contribution >= 0.6 is 21.6 Å². The van der Waals surface area contributed by atoms with Gasteiger partial charge < -0.3 is 0 Å². The molecule has 6 rings (SSSR count). The summed E-state index contributed by atoms with van der Waals surface area (Å²) in [6, 6.07) is 46.7. The lowest BCUT2D eigenvalue weighted by molar-refractivity contribution is 0.490. The highest BCUT2D eigenvalue weighted by molar-refractivity contribution is 8.76. The molecule has 0 heterocycles. The van der Waals surface area contributed by atoms with E-state index in [0.29, 0.717) is 0 Å². The van der Waals surface area contributed by atoms with Gasteiger partial charge in [-0.3, -0.25) is 0 Å². The second-order valence-corrected chi connectivity index (χ2v) is 22.4. The van der Waals surface area contributed by atoms with Crippen molar-refractivity contribution in [3.05, 3.63) is 144 Å². The number of hydrogen-bond acceptors (Lipinski definition) is 2. The minimum Gasteiger partial charge on any atom is -0.0941 e. The predicted molar refractivity (Wildman–Crippen MR) is 212 cm³/mol. The summed E-state index contributed by atoms with van der Waals surface area (Å²) in [5.41, 5.74) is 8.25. The molecule has 0 radical (unpaired) electrons. The molecule has 0 atom stereocenters. The first kappa shape index (κ1) is 33.9. The minimum atomic E-state index is -0.388. The Balaban J connectivity index is 1.19. The maximum atomic E-state index is 2.45. The summed E-state index contributed by atoms with van der Waals surface area (Å²) in [5, 5.41) is 0.452. The lowest BCUT2D eigenvalue weighted by Crippen LogP contribution is -2.38. The van der Waals surface area contributed by atoms with Crippen LogP contribution in [0.1, 0.15) is 99.3 Å². The van der Waals surface area contributed by atoms with Crippen molar-refractivity contribution in [2.24, 2.45) is 0 Å². The summed E-state index contributed by atoms with van der Waals surface area (Å²) in [6.45, 7) is 0. The van der Waals surface area contributed by atoms with E-state index in [0.717, 1.165) is 11.1 Å². The van der Waals surface area contributed by atoms with Gasteiger partial charge in [-0.25, -0.2) is 0 Å². The minimum absolute atomic E-state index is 0.226. The van der Waals surface area contributed by atoms with E-state index < -0.39 is 0 Å². The van der Waals surface area contributed by atoms with Gasteiger partial charge in [0.2, 0.25) is 0 Å². The molecular formula is C42H54S2Si2. The second-order valence-electron chi connectivity index (χ2n) is 14.2. The third-order valence-corrected chi connectivity index (χ3v) is 20.3. The van der Waals surface area contributed by atoms with Crippen molar-refractivity contribution in [3.8, 4) is 0 Å². The molecule has 2 aliphatic rings. The van der Waals surface area contributed by atoms with Gasteiger partial charge in [-0.1, -0.05) is 207 Å². The van der Waals surface area contributed by atoms with Gasteiger partial charge in [0.25, 0.3) is 0 Å². The van der Waals surface area contributed by atoms with Crippen molar-refractivity contribution >= 4 is 40.6 Å². The molecule has 4 aromatic rings. The number of benzene rings is 4. The van der Waals surface area contributed by atoms with Crippen LogP contribution in [0.4, 0.5) is 0 Å². The quantitative estimate of drug-likeness (QED) is 0.0697. The summed E-state index contributed by atoms with van der Waals surface area (Å²) in [4.78, 5) is 0. The molecule has 0 N–H and O–H groups in total. The van der Waals surface area contributed by atoms with E-state index >= 15 is 0 Å². The molecule has 0 aromatic heterocycles. The second kappa shape index (κ2) is 17.4. The average Bonchev–Trinajstić information content (AvgIpc) is 3.14. The topological polar surface area (TPSA) is 0 Å². The van der Waals surface area contributed by atoms with Gasteiger partial charge in [0.05, 0.1) is 0 Å². The highest BCUT2D eigenvalue weighted by atomic mass is 33.1. The van der Waals surface area contributed by atoms with Crippen LogP contribution in [0.15, 0.2) is 121 Å². The van der Waals surface area contributed by atoms with Gasteiger partial charge in [-0.05, 0) is 46.2 Å². The fraction of sp³-hybridized carbons (Fsp3) is 0.429. The van der Waals surface area contributed by atoms with Crippen LogP contribution < -0.4 is 0 Å². The molecular weight excluding hydrogens is 625 g/mol. The van der Waals surface area contributed by atoms with Crippen LogP contribution in [0.5, 0.6) is 0 Å². The zero-order valence-corrected chi connectivity index (χ0v) is 32.3. The first-order valence-corrected chi connectivity index (χ1v) is 23.8. The zero-order chi connectivity index (χ0) is 31.3. The van der Waals surface area contributed by atoms with Gasteiger partial charge in [-0.15, -0.1) is 0 Å². The Kier molecular flexibility index (Phi) is 12.8. The molecule has 4 heteroatoms. The molecule has 0 saturated heterocycles. The molecule has 4 aromatic carbocycles. The SMILES string of the molecule is c1ccc(C(CCSSCCC([SiH2]C2CCCCC2)(c2ccccc2)c2ccccc2)([SiH2]C2CCCCC2)c2ccccc2)cc1. The van der Waals surface area contributed by atoms with Gasteiger partial charge in [-0.2, -0.15) is 0 Å².